The van der Waals surface area contributed by atoms with Gasteiger partial charge in [0.25, 0.3) is 0 Å². The number of hydrogen-bond donors (Lipinski definition) is 0. The molecule has 0 spiro atoms. The number of thioether (sulfide) groups is 1. The molecule has 2 aromatic rings. The van der Waals surface area contributed by atoms with Crippen LogP contribution in [-0.4, -0.2) is 27.4 Å². The van der Waals surface area contributed by atoms with E-state index in [9.17, 15) is 9.18 Å². The summed E-state index contributed by atoms with van der Waals surface area (Å²) in [5.74, 6) is 1.30. The van der Waals surface area contributed by atoms with Gasteiger partial charge in [0.2, 0.25) is 11.7 Å². The topological polar surface area (TPSA) is 56.0 Å². The van der Waals surface area contributed by atoms with E-state index in [2.05, 4.69) is 26.1 Å². The van der Waals surface area contributed by atoms with E-state index in [-0.39, 0.29) is 17.5 Å². The number of benzene rings is 1. The highest BCUT2D eigenvalue weighted by molar-refractivity contribution is 9.10. The van der Waals surface area contributed by atoms with Gasteiger partial charge in [-0.1, -0.05) is 5.16 Å². The van der Waals surface area contributed by atoms with Crippen LogP contribution in [0.25, 0.3) is 11.4 Å². The fourth-order valence-corrected chi connectivity index (χ4v) is 3.45. The van der Waals surface area contributed by atoms with Crippen LogP contribution < -0.4 is 0 Å². The standard InChI is InChI=1S/C12H8BrFN2O2S/c13-9-3-6(14)1-2-7(9)11-15-12(18-16-11)8-4-19-5-10(8)17/h1-3,8H,4-5H2. The lowest BCUT2D eigenvalue weighted by atomic mass is 10.1. The molecule has 0 saturated carbocycles. The lowest BCUT2D eigenvalue weighted by molar-refractivity contribution is -0.117. The van der Waals surface area contributed by atoms with Crippen LogP contribution >= 0.6 is 27.7 Å². The summed E-state index contributed by atoms with van der Waals surface area (Å²) in [6.45, 7) is 0. The molecule has 2 heterocycles. The average molecular weight is 343 g/mol. The van der Waals surface area contributed by atoms with Crippen molar-refractivity contribution < 1.29 is 13.7 Å². The van der Waals surface area contributed by atoms with Crippen LogP contribution in [0.5, 0.6) is 0 Å². The van der Waals surface area contributed by atoms with Gasteiger partial charge in [-0.25, -0.2) is 4.39 Å². The Morgan fingerprint density at radius 1 is 1.47 bits per heavy atom. The van der Waals surface area contributed by atoms with Crippen molar-refractivity contribution in [3.05, 3.63) is 34.4 Å². The maximum atomic E-state index is 13.0. The lowest BCUT2D eigenvalue weighted by Crippen LogP contribution is -2.09. The molecule has 1 unspecified atom stereocenters. The van der Waals surface area contributed by atoms with E-state index in [4.69, 9.17) is 4.52 Å². The highest BCUT2D eigenvalue weighted by Gasteiger charge is 2.31. The van der Waals surface area contributed by atoms with Crippen molar-refractivity contribution >= 4 is 33.5 Å². The number of nitrogens with zero attached hydrogens (tertiary/aromatic N) is 2. The highest BCUT2D eigenvalue weighted by Crippen LogP contribution is 2.31. The molecule has 0 aliphatic carbocycles. The molecule has 1 saturated heterocycles. The number of aromatic nitrogens is 2. The Bertz CT molecular complexity index is 646. The van der Waals surface area contributed by atoms with Crippen molar-refractivity contribution in [2.75, 3.05) is 11.5 Å². The first kappa shape index (κ1) is 12.8. The molecule has 4 nitrogen and oxygen atoms in total. The molecule has 0 N–H and O–H groups in total. The van der Waals surface area contributed by atoms with Gasteiger partial charge in [-0.2, -0.15) is 16.7 Å². The quantitative estimate of drug-likeness (QED) is 0.839. The van der Waals surface area contributed by atoms with E-state index in [0.717, 1.165) is 0 Å². The van der Waals surface area contributed by atoms with Crippen molar-refractivity contribution in [1.82, 2.24) is 10.1 Å². The van der Waals surface area contributed by atoms with Gasteiger partial charge < -0.3 is 4.52 Å². The van der Waals surface area contributed by atoms with Crippen LogP contribution in [-0.2, 0) is 4.79 Å². The van der Waals surface area contributed by atoms with Crippen molar-refractivity contribution in [3.8, 4) is 11.4 Å². The zero-order valence-electron chi connectivity index (χ0n) is 9.60. The first-order valence-corrected chi connectivity index (χ1v) is 7.49. The van der Waals surface area contributed by atoms with E-state index >= 15 is 0 Å². The van der Waals surface area contributed by atoms with Gasteiger partial charge in [0.05, 0.1) is 5.75 Å². The van der Waals surface area contributed by atoms with Crippen molar-refractivity contribution in [3.63, 3.8) is 0 Å². The Hall–Kier alpha value is -1.21. The molecule has 1 aliphatic rings. The smallest absolute Gasteiger partial charge is 0.238 e. The Balaban J connectivity index is 1.94. The molecule has 1 fully saturated rings. The van der Waals surface area contributed by atoms with E-state index in [0.29, 0.717) is 33.3 Å². The summed E-state index contributed by atoms with van der Waals surface area (Å²) in [6, 6.07) is 4.23. The first-order chi connectivity index (χ1) is 9.15. The van der Waals surface area contributed by atoms with E-state index in [1.54, 1.807) is 17.8 Å². The number of rotatable bonds is 2. The Labute approximate surface area is 120 Å². The van der Waals surface area contributed by atoms with E-state index in [1.807, 2.05) is 0 Å². The molecule has 1 aromatic carbocycles. The van der Waals surface area contributed by atoms with Crippen molar-refractivity contribution in [1.29, 1.82) is 0 Å². The molecule has 19 heavy (non-hydrogen) atoms. The van der Waals surface area contributed by atoms with Crippen LogP contribution in [0.15, 0.2) is 27.2 Å². The number of carbonyl (C=O) groups is 1. The molecule has 3 rings (SSSR count). The Kier molecular flexibility index (Phi) is 3.40. The average Bonchev–Trinajstić information content (AvgIpc) is 2.97. The second-order valence-electron chi connectivity index (χ2n) is 4.11. The summed E-state index contributed by atoms with van der Waals surface area (Å²) in [5, 5.41) is 3.86. The summed E-state index contributed by atoms with van der Waals surface area (Å²) in [6.07, 6.45) is 0. The summed E-state index contributed by atoms with van der Waals surface area (Å²) in [4.78, 5) is 15.9. The molecule has 0 amide bonds. The van der Waals surface area contributed by atoms with Crippen LogP contribution in [0.1, 0.15) is 11.8 Å². The SMILES string of the molecule is O=C1CSCC1c1nc(-c2ccc(F)cc2Br)no1. The summed E-state index contributed by atoms with van der Waals surface area (Å²) >= 11 is 4.81. The third kappa shape index (κ3) is 2.44. The maximum absolute atomic E-state index is 13.0. The summed E-state index contributed by atoms with van der Waals surface area (Å²) in [5.41, 5.74) is 0.634. The molecule has 1 aromatic heterocycles. The van der Waals surface area contributed by atoms with Gasteiger partial charge in [-0.05, 0) is 34.1 Å². The van der Waals surface area contributed by atoms with Gasteiger partial charge >= 0.3 is 0 Å². The molecule has 1 atom stereocenters. The summed E-state index contributed by atoms with van der Waals surface area (Å²) < 4.78 is 18.7. The minimum atomic E-state index is -0.346. The molecule has 1 aliphatic heterocycles. The second-order valence-corrected chi connectivity index (χ2v) is 6.00. The van der Waals surface area contributed by atoms with Crippen LogP contribution in [0.3, 0.4) is 0 Å². The van der Waals surface area contributed by atoms with Crippen LogP contribution in [0, 0.1) is 5.82 Å². The molecule has 0 radical (unpaired) electrons. The predicted octanol–water partition coefficient (Wildman–Crippen LogP) is 3.04. The first-order valence-electron chi connectivity index (χ1n) is 5.54. The molecule has 7 heteroatoms. The Morgan fingerprint density at radius 2 is 2.32 bits per heavy atom. The fraction of sp³-hybridized carbons (Fsp3) is 0.250. The third-order valence-corrected chi connectivity index (χ3v) is 4.54. The zero-order chi connectivity index (χ0) is 13.4. The zero-order valence-corrected chi connectivity index (χ0v) is 12.0. The number of halogens is 2. The number of ketones is 1. The second kappa shape index (κ2) is 5.05. The number of Topliss-reactive ketones (excluding diaryl/α,β-unsaturated/α-hetero) is 1. The van der Waals surface area contributed by atoms with E-state index < -0.39 is 0 Å². The minimum absolute atomic E-state index is 0.110. The highest BCUT2D eigenvalue weighted by atomic mass is 79.9. The maximum Gasteiger partial charge on any atom is 0.238 e. The Morgan fingerprint density at radius 3 is 3.00 bits per heavy atom. The molecular weight excluding hydrogens is 335 g/mol. The lowest BCUT2D eigenvalue weighted by Gasteiger charge is -1.99. The van der Waals surface area contributed by atoms with Crippen LogP contribution in [0.2, 0.25) is 0 Å². The molecule has 0 bridgehead atoms. The van der Waals surface area contributed by atoms with Gasteiger partial charge in [0.1, 0.15) is 11.7 Å². The third-order valence-electron chi connectivity index (χ3n) is 2.83. The van der Waals surface area contributed by atoms with Crippen LogP contribution in [0.4, 0.5) is 4.39 Å². The van der Waals surface area contributed by atoms with E-state index in [1.165, 1.54) is 12.1 Å². The molecule has 98 valence electrons. The van der Waals surface area contributed by atoms with Gasteiger partial charge in [-0.3, -0.25) is 4.79 Å². The number of carbonyl (C=O) groups excluding carboxylic acids is 1. The monoisotopic (exact) mass is 342 g/mol. The number of hydrogen-bond acceptors (Lipinski definition) is 5. The predicted molar refractivity (Wildman–Crippen MR) is 72.5 cm³/mol. The van der Waals surface area contributed by atoms with Gasteiger partial charge in [-0.15, -0.1) is 0 Å². The van der Waals surface area contributed by atoms with Gasteiger partial charge in [0, 0.05) is 15.8 Å². The molecular formula is C12H8BrFN2O2S. The normalized spacial score (nSPS) is 19.1. The van der Waals surface area contributed by atoms with Crippen molar-refractivity contribution in [2.24, 2.45) is 0 Å². The minimum Gasteiger partial charge on any atom is -0.338 e. The van der Waals surface area contributed by atoms with Gasteiger partial charge in [0.15, 0.2) is 5.78 Å². The van der Waals surface area contributed by atoms with Crippen molar-refractivity contribution in [2.45, 2.75) is 5.92 Å². The largest absolute Gasteiger partial charge is 0.338 e. The fourth-order valence-electron chi connectivity index (χ4n) is 1.84. The summed E-state index contributed by atoms with van der Waals surface area (Å²) in [7, 11) is 0.